The van der Waals surface area contributed by atoms with Crippen molar-refractivity contribution in [3.05, 3.63) is 6.42 Å². The molecule has 0 aromatic rings. The smallest absolute Gasteiger partial charge is 0.335 e. The monoisotopic (exact) mass is 163 g/mol. The Morgan fingerprint density at radius 2 is 1.33 bits per heavy atom. The second kappa shape index (κ2) is 8.68. The van der Waals surface area contributed by atoms with Crippen LogP contribution in [0.1, 0.15) is 13.8 Å². The van der Waals surface area contributed by atoms with E-state index in [1.165, 1.54) is 0 Å². The summed E-state index contributed by atoms with van der Waals surface area (Å²) in [4.78, 5) is 0. The standard InChI is InChI=1S/C3H7.CH4O3S.Mg/c1-3-2;1-5(2,3)4;/h3H,1-2H3;1H3,(H,2,3,4);/q-1;;+2. The molecular weight excluding hydrogens is 152 g/mol. The second-order valence-corrected chi connectivity index (χ2v) is 2.78. The van der Waals surface area contributed by atoms with Gasteiger partial charge in [0, 0.05) is 0 Å². The molecule has 0 fully saturated rings. The van der Waals surface area contributed by atoms with Crippen LogP contribution in [-0.4, -0.2) is 42.3 Å². The van der Waals surface area contributed by atoms with Crippen LogP contribution in [0.3, 0.4) is 0 Å². The molecule has 52 valence electrons. The third-order valence-corrected chi connectivity index (χ3v) is 0. The van der Waals surface area contributed by atoms with E-state index in [-0.39, 0.29) is 23.1 Å². The number of hydrogen-bond acceptors (Lipinski definition) is 2. The molecule has 0 bridgehead atoms. The summed E-state index contributed by atoms with van der Waals surface area (Å²) in [7, 11) is -3.67. The van der Waals surface area contributed by atoms with Gasteiger partial charge in [0.05, 0.1) is 6.26 Å². The SMILES string of the molecule is CS(=O)(=O)O.C[CH-]C.[Mg+2]. The van der Waals surface area contributed by atoms with Gasteiger partial charge in [0.25, 0.3) is 10.1 Å². The minimum atomic E-state index is -3.67. The molecule has 0 spiro atoms. The van der Waals surface area contributed by atoms with Gasteiger partial charge in [-0.05, 0) is 0 Å². The van der Waals surface area contributed by atoms with Crippen LogP contribution in [0.4, 0.5) is 0 Å². The first-order valence-electron chi connectivity index (χ1n) is 2.08. The molecule has 0 saturated heterocycles. The van der Waals surface area contributed by atoms with Gasteiger partial charge in [0.2, 0.25) is 0 Å². The third-order valence-electron chi connectivity index (χ3n) is 0. The largest absolute Gasteiger partial charge is 2.00 e. The van der Waals surface area contributed by atoms with E-state index in [0.29, 0.717) is 6.26 Å². The molecule has 1 N–H and O–H groups in total. The molecule has 5 heteroatoms. The summed E-state index contributed by atoms with van der Waals surface area (Å²) < 4.78 is 25.9. The van der Waals surface area contributed by atoms with Crippen molar-refractivity contribution in [3.63, 3.8) is 0 Å². The van der Waals surface area contributed by atoms with E-state index in [2.05, 4.69) is 0 Å². The van der Waals surface area contributed by atoms with Crippen molar-refractivity contribution < 1.29 is 13.0 Å². The summed E-state index contributed by atoms with van der Waals surface area (Å²) in [6, 6.07) is 0. The molecule has 0 unspecified atom stereocenters. The zero-order valence-electron chi connectivity index (χ0n) is 5.96. The van der Waals surface area contributed by atoms with Crippen LogP contribution in [0.2, 0.25) is 0 Å². The first-order chi connectivity index (χ1) is 3.41. The van der Waals surface area contributed by atoms with Crippen LogP contribution in [0.5, 0.6) is 0 Å². The van der Waals surface area contributed by atoms with Crippen LogP contribution in [-0.2, 0) is 10.1 Å². The van der Waals surface area contributed by atoms with Crippen LogP contribution in [0, 0.1) is 6.42 Å². The van der Waals surface area contributed by atoms with Gasteiger partial charge < -0.3 is 6.42 Å². The molecule has 0 radical (unpaired) electrons. The quantitative estimate of drug-likeness (QED) is 0.319. The summed E-state index contributed by atoms with van der Waals surface area (Å²) in [6.45, 7) is 4.00. The molecule has 0 aliphatic carbocycles. The summed E-state index contributed by atoms with van der Waals surface area (Å²) in [5, 5.41) is 0. The van der Waals surface area contributed by atoms with Gasteiger partial charge in [-0.25, -0.2) is 0 Å². The minimum absolute atomic E-state index is 0. The first-order valence-corrected chi connectivity index (χ1v) is 3.93. The van der Waals surface area contributed by atoms with E-state index in [4.69, 9.17) is 4.55 Å². The van der Waals surface area contributed by atoms with Gasteiger partial charge in [0.1, 0.15) is 0 Å². The minimum Gasteiger partial charge on any atom is -0.335 e. The molecule has 0 aliphatic heterocycles. The van der Waals surface area contributed by atoms with Gasteiger partial charge in [0.15, 0.2) is 0 Å². The average Bonchev–Trinajstić information content (AvgIpc) is 1.27. The van der Waals surface area contributed by atoms with Crippen LogP contribution < -0.4 is 0 Å². The van der Waals surface area contributed by atoms with Gasteiger partial charge >= 0.3 is 23.1 Å². The van der Waals surface area contributed by atoms with Gasteiger partial charge in [-0.2, -0.15) is 22.3 Å². The molecule has 0 rings (SSSR count). The third kappa shape index (κ3) is 846. The van der Waals surface area contributed by atoms with Gasteiger partial charge in [-0.3, -0.25) is 4.55 Å². The first kappa shape index (κ1) is 16.3. The summed E-state index contributed by atoms with van der Waals surface area (Å²) in [6.07, 6.45) is 2.72. The predicted molar refractivity (Wildman–Crippen MR) is 38.9 cm³/mol. The fraction of sp³-hybridized carbons (Fsp3) is 0.750. The molecule has 0 aromatic carbocycles. The van der Waals surface area contributed by atoms with E-state index >= 15 is 0 Å². The molecule has 0 aromatic heterocycles. The molecule has 0 amide bonds. The maximum absolute atomic E-state index is 9.19. The van der Waals surface area contributed by atoms with Crippen molar-refractivity contribution in [2.24, 2.45) is 0 Å². The average molecular weight is 164 g/mol. The Bertz CT molecular complexity index is 110. The van der Waals surface area contributed by atoms with Gasteiger partial charge in [-0.1, -0.05) is 0 Å². The van der Waals surface area contributed by atoms with Gasteiger partial charge in [-0.15, -0.1) is 0 Å². The van der Waals surface area contributed by atoms with Crippen LogP contribution >= 0.6 is 0 Å². The zero-order chi connectivity index (χ0) is 7.21. The fourth-order valence-corrected chi connectivity index (χ4v) is 0. The van der Waals surface area contributed by atoms with Crippen molar-refractivity contribution in [1.82, 2.24) is 0 Å². The van der Waals surface area contributed by atoms with E-state index < -0.39 is 10.1 Å². The Morgan fingerprint density at radius 3 is 1.33 bits per heavy atom. The van der Waals surface area contributed by atoms with Crippen molar-refractivity contribution >= 4 is 33.2 Å². The van der Waals surface area contributed by atoms with Crippen molar-refractivity contribution in [1.29, 1.82) is 0 Å². The molecular formula is C4H11MgO3S+. The Balaban J connectivity index is -0.0000000800. The fourth-order valence-electron chi connectivity index (χ4n) is 0. The molecule has 0 heterocycles. The van der Waals surface area contributed by atoms with Crippen LogP contribution in [0.15, 0.2) is 0 Å². The number of rotatable bonds is 0. The predicted octanol–water partition coefficient (Wildman–Crippen LogP) is 0.354. The molecule has 0 aliphatic rings. The molecule has 0 saturated carbocycles. The van der Waals surface area contributed by atoms with Crippen LogP contribution in [0.25, 0.3) is 0 Å². The Labute approximate surface area is 72.7 Å². The Hall–Kier alpha value is 0.676. The van der Waals surface area contributed by atoms with E-state index in [0.717, 1.165) is 0 Å². The molecule has 0 atom stereocenters. The molecule has 3 nitrogen and oxygen atoms in total. The zero-order valence-corrected chi connectivity index (χ0v) is 8.19. The van der Waals surface area contributed by atoms with Crippen molar-refractivity contribution in [3.8, 4) is 0 Å². The normalized spacial score (nSPS) is 8.44. The molecule has 9 heavy (non-hydrogen) atoms. The summed E-state index contributed by atoms with van der Waals surface area (Å²) >= 11 is 0. The van der Waals surface area contributed by atoms with E-state index in [1.807, 2.05) is 20.3 Å². The van der Waals surface area contributed by atoms with Crippen molar-refractivity contribution in [2.75, 3.05) is 6.26 Å². The summed E-state index contributed by atoms with van der Waals surface area (Å²) in [5.41, 5.74) is 0. The van der Waals surface area contributed by atoms with E-state index in [9.17, 15) is 8.42 Å². The Kier molecular flexibility index (Phi) is 15.8. The number of hydrogen-bond donors (Lipinski definition) is 1. The maximum atomic E-state index is 9.19. The van der Waals surface area contributed by atoms with E-state index in [1.54, 1.807) is 0 Å². The maximum Gasteiger partial charge on any atom is 2.00 e. The topological polar surface area (TPSA) is 54.4 Å². The Morgan fingerprint density at radius 1 is 1.33 bits per heavy atom. The summed E-state index contributed by atoms with van der Waals surface area (Å²) in [5.74, 6) is 0. The second-order valence-electron chi connectivity index (χ2n) is 1.31. The van der Waals surface area contributed by atoms with Crippen molar-refractivity contribution in [2.45, 2.75) is 13.8 Å².